The number of esters is 1. The normalized spacial score (nSPS) is 14.2. The number of hydrogen-bond acceptors (Lipinski definition) is 6. The molecule has 0 saturated heterocycles. The molecule has 0 aliphatic carbocycles. The number of carbonyl (C=O) groups excluding carboxylic acids is 2. The quantitative estimate of drug-likeness (QED) is 0.641. The molecule has 1 aliphatic rings. The molecule has 0 fully saturated rings. The highest BCUT2D eigenvalue weighted by molar-refractivity contribution is 6.09. The number of β-amino-alcohol motifs (C(OH)–C–C–N with tert-alkyl or cyclic N) is 1. The summed E-state index contributed by atoms with van der Waals surface area (Å²) in [5, 5.41) is 14.9. The van der Waals surface area contributed by atoms with E-state index in [4.69, 9.17) is 9.84 Å². The number of ether oxygens (including phenoxy) is 1. The molecule has 8 heteroatoms. The molecule has 130 valence electrons. The first kappa shape index (κ1) is 17.7. The summed E-state index contributed by atoms with van der Waals surface area (Å²) in [6, 6.07) is 4.08. The molecule has 2 rings (SSSR count). The van der Waals surface area contributed by atoms with Gasteiger partial charge in [0.05, 0.1) is 37.2 Å². The van der Waals surface area contributed by atoms with Gasteiger partial charge in [-0.05, 0) is 25.1 Å². The largest absolute Gasteiger partial charge is 0.466 e. The van der Waals surface area contributed by atoms with Gasteiger partial charge in [-0.25, -0.2) is 9.18 Å². The van der Waals surface area contributed by atoms with Gasteiger partial charge in [0.2, 0.25) is 0 Å². The standard InChI is InChI=1S/C16H20FN3O4/c1-3-18-12-5-4-10(17)8-13(12)19-14-11(16(23)24-2)9-20(6-7-21)15(14)22/h4-5,8,18-19,21H,3,6-7,9H2,1-2H3. The van der Waals surface area contributed by atoms with E-state index in [2.05, 4.69) is 10.6 Å². The Kier molecular flexibility index (Phi) is 5.75. The van der Waals surface area contributed by atoms with Crippen LogP contribution >= 0.6 is 0 Å². The van der Waals surface area contributed by atoms with Gasteiger partial charge < -0.3 is 25.4 Å². The highest BCUT2D eigenvalue weighted by Crippen LogP contribution is 2.28. The number of aliphatic hydroxyl groups excluding tert-OH is 1. The van der Waals surface area contributed by atoms with Crippen LogP contribution in [0.25, 0.3) is 0 Å². The van der Waals surface area contributed by atoms with E-state index in [0.717, 1.165) is 0 Å². The van der Waals surface area contributed by atoms with Gasteiger partial charge in [0.25, 0.3) is 5.91 Å². The first-order valence-corrected chi connectivity index (χ1v) is 7.53. The number of rotatable bonds is 7. The zero-order valence-electron chi connectivity index (χ0n) is 13.6. The molecule has 1 aromatic rings. The second-order valence-electron chi connectivity index (χ2n) is 5.14. The van der Waals surface area contributed by atoms with Crippen molar-refractivity contribution in [1.29, 1.82) is 0 Å². The Morgan fingerprint density at radius 2 is 2.17 bits per heavy atom. The van der Waals surface area contributed by atoms with Crippen molar-refractivity contribution in [1.82, 2.24) is 4.90 Å². The number of hydrogen-bond donors (Lipinski definition) is 3. The summed E-state index contributed by atoms with van der Waals surface area (Å²) in [6.07, 6.45) is 0. The molecular weight excluding hydrogens is 317 g/mol. The molecule has 7 nitrogen and oxygen atoms in total. The fraction of sp³-hybridized carbons (Fsp3) is 0.375. The second kappa shape index (κ2) is 7.78. The monoisotopic (exact) mass is 337 g/mol. The Hall–Kier alpha value is -2.61. The first-order valence-electron chi connectivity index (χ1n) is 7.53. The Labute approximate surface area is 139 Å². The van der Waals surface area contributed by atoms with E-state index < -0.39 is 17.7 Å². The van der Waals surface area contributed by atoms with E-state index in [0.29, 0.717) is 17.9 Å². The smallest absolute Gasteiger partial charge is 0.337 e. The van der Waals surface area contributed by atoms with Gasteiger partial charge in [-0.1, -0.05) is 0 Å². The lowest BCUT2D eigenvalue weighted by atomic mass is 10.2. The molecule has 0 bridgehead atoms. The van der Waals surface area contributed by atoms with Crippen LogP contribution in [-0.4, -0.2) is 55.2 Å². The van der Waals surface area contributed by atoms with Crippen molar-refractivity contribution < 1.29 is 23.8 Å². The number of anilines is 2. The topological polar surface area (TPSA) is 90.9 Å². The third kappa shape index (κ3) is 3.65. The van der Waals surface area contributed by atoms with Crippen LogP contribution < -0.4 is 10.6 Å². The van der Waals surface area contributed by atoms with Crippen LogP contribution in [0.15, 0.2) is 29.5 Å². The van der Waals surface area contributed by atoms with Crippen LogP contribution in [0.2, 0.25) is 0 Å². The maximum atomic E-state index is 13.6. The van der Waals surface area contributed by atoms with E-state index in [9.17, 15) is 14.0 Å². The van der Waals surface area contributed by atoms with Gasteiger partial charge in [-0.3, -0.25) is 4.79 Å². The first-order chi connectivity index (χ1) is 11.5. The van der Waals surface area contributed by atoms with Crippen LogP contribution in [0.5, 0.6) is 0 Å². The Morgan fingerprint density at radius 1 is 1.42 bits per heavy atom. The fourth-order valence-electron chi connectivity index (χ4n) is 2.45. The number of aliphatic hydroxyl groups is 1. The molecule has 1 heterocycles. The van der Waals surface area contributed by atoms with Crippen molar-refractivity contribution in [3.05, 3.63) is 35.3 Å². The average Bonchev–Trinajstić information content (AvgIpc) is 2.87. The van der Waals surface area contributed by atoms with Gasteiger partial charge >= 0.3 is 5.97 Å². The summed E-state index contributed by atoms with van der Waals surface area (Å²) in [6.45, 7) is 2.38. The van der Waals surface area contributed by atoms with Crippen molar-refractivity contribution in [3.8, 4) is 0 Å². The van der Waals surface area contributed by atoms with E-state index in [1.807, 2.05) is 6.92 Å². The van der Waals surface area contributed by atoms with E-state index in [1.54, 1.807) is 6.07 Å². The number of amides is 1. The van der Waals surface area contributed by atoms with Gasteiger partial charge in [-0.2, -0.15) is 0 Å². The molecule has 0 radical (unpaired) electrons. The fourth-order valence-corrected chi connectivity index (χ4v) is 2.45. The van der Waals surface area contributed by atoms with E-state index in [-0.39, 0.29) is 31.0 Å². The summed E-state index contributed by atoms with van der Waals surface area (Å²) in [5.74, 6) is -1.57. The highest BCUT2D eigenvalue weighted by atomic mass is 19.1. The van der Waals surface area contributed by atoms with Crippen LogP contribution in [0.4, 0.5) is 15.8 Å². The minimum absolute atomic E-state index is 0.0278. The number of benzene rings is 1. The van der Waals surface area contributed by atoms with Crippen LogP contribution in [0.3, 0.4) is 0 Å². The minimum atomic E-state index is -0.646. The van der Waals surface area contributed by atoms with Gasteiger partial charge in [0, 0.05) is 13.1 Å². The van der Waals surface area contributed by atoms with Gasteiger partial charge in [0.15, 0.2) is 0 Å². The summed E-state index contributed by atoms with van der Waals surface area (Å²) in [4.78, 5) is 25.7. The van der Waals surface area contributed by atoms with Crippen molar-refractivity contribution >= 4 is 23.3 Å². The lowest BCUT2D eigenvalue weighted by molar-refractivity contribution is -0.136. The van der Waals surface area contributed by atoms with Crippen molar-refractivity contribution in [3.63, 3.8) is 0 Å². The Balaban J connectivity index is 2.38. The Bertz CT molecular complexity index is 675. The molecule has 1 amide bonds. The number of nitrogens with zero attached hydrogens (tertiary/aromatic N) is 1. The number of carbonyl (C=O) groups is 2. The third-order valence-electron chi connectivity index (χ3n) is 3.56. The molecule has 1 aromatic carbocycles. The second-order valence-corrected chi connectivity index (χ2v) is 5.14. The summed E-state index contributed by atoms with van der Waals surface area (Å²) >= 11 is 0. The predicted octanol–water partition coefficient (Wildman–Crippen LogP) is 0.931. The lowest BCUT2D eigenvalue weighted by Gasteiger charge is -2.16. The maximum absolute atomic E-state index is 13.6. The molecule has 24 heavy (non-hydrogen) atoms. The Morgan fingerprint density at radius 3 is 2.79 bits per heavy atom. The maximum Gasteiger partial charge on any atom is 0.337 e. The molecule has 0 saturated carbocycles. The minimum Gasteiger partial charge on any atom is -0.466 e. The van der Waals surface area contributed by atoms with Gasteiger partial charge in [0.1, 0.15) is 11.5 Å². The summed E-state index contributed by atoms with van der Waals surface area (Å²) in [5.41, 5.74) is 1.11. The van der Waals surface area contributed by atoms with Crippen molar-refractivity contribution in [2.45, 2.75) is 6.92 Å². The third-order valence-corrected chi connectivity index (χ3v) is 3.56. The van der Waals surface area contributed by atoms with E-state index >= 15 is 0 Å². The summed E-state index contributed by atoms with van der Waals surface area (Å²) in [7, 11) is 1.22. The van der Waals surface area contributed by atoms with Crippen molar-refractivity contribution in [2.75, 3.05) is 44.0 Å². The van der Waals surface area contributed by atoms with Crippen LogP contribution in [-0.2, 0) is 14.3 Å². The number of methoxy groups -OCH3 is 1. The molecule has 0 spiro atoms. The predicted molar refractivity (Wildman–Crippen MR) is 86.9 cm³/mol. The summed E-state index contributed by atoms with van der Waals surface area (Å²) < 4.78 is 18.3. The highest BCUT2D eigenvalue weighted by Gasteiger charge is 2.34. The van der Waals surface area contributed by atoms with Crippen molar-refractivity contribution in [2.24, 2.45) is 0 Å². The number of halogens is 1. The number of nitrogens with one attached hydrogen (secondary N) is 2. The molecule has 3 N–H and O–H groups in total. The van der Waals surface area contributed by atoms with E-state index in [1.165, 1.54) is 24.1 Å². The van der Waals surface area contributed by atoms with Gasteiger partial charge in [-0.15, -0.1) is 0 Å². The molecule has 0 atom stereocenters. The molecule has 1 aliphatic heterocycles. The molecule has 0 aromatic heterocycles. The molecular formula is C16H20FN3O4. The zero-order chi connectivity index (χ0) is 17.7. The molecule has 0 unspecified atom stereocenters. The average molecular weight is 337 g/mol. The lowest BCUT2D eigenvalue weighted by Crippen LogP contribution is -2.31. The van der Waals surface area contributed by atoms with Crippen LogP contribution in [0.1, 0.15) is 6.92 Å². The van der Waals surface area contributed by atoms with Crippen LogP contribution in [0, 0.1) is 5.82 Å². The zero-order valence-corrected chi connectivity index (χ0v) is 13.6. The SMILES string of the molecule is CCNc1ccc(F)cc1NC1=C(C(=O)OC)CN(CCO)C1=O.